The van der Waals surface area contributed by atoms with E-state index in [0.717, 1.165) is 11.3 Å². The van der Waals surface area contributed by atoms with Crippen LogP contribution >= 0.6 is 11.3 Å². The lowest BCUT2D eigenvalue weighted by Gasteiger charge is -2.15. The summed E-state index contributed by atoms with van der Waals surface area (Å²) in [5.74, 6) is -2.20. The van der Waals surface area contributed by atoms with Gasteiger partial charge in [-0.3, -0.25) is 14.9 Å². The third-order valence-electron chi connectivity index (χ3n) is 3.91. The zero-order chi connectivity index (χ0) is 22.3. The monoisotopic (exact) mass is 454 g/mol. The van der Waals surface area contributed by atoms with Gasteiger partial charge in [-0.2, -0.15) is 0 Å². The molecular weight excluding hydrogens is 432 g/mol. The Morgan fingerprint density at radius 3 is 2.57 bits per heavy atom. The number of nitrogens with one attached hydrogen (secondary N) is 4. The van der Waals surface area contributed by atoms with Crippen LogP contribution in [-0.2, 0) is 14.8 Å². The molecule has 1 aromatic carbocycles. The van der Waals surface area contributed by atoms with E-state index in [2.05, 4.69) is 15.4 Å². The number of aliphatic carboxylic acids is 1. The van der Waals surface area contributed by atoms with Crippen LogP contribution in [0.1, 0.15) is 22.5 Å². The Morgan fingerprint density at radius 1 is 1.23 bits per heavy atom. The molecule has 0 saturated heterocycles. The van der Waals surface area contributed by atoms with Gasteiger partial charge in [-0.05, 0) is 36.4 Å². The molecule has 162 valence electrons. The van der Waals surface area contributed by atoms with Crippen molar-refractivity contribution in [3.05, 3.63) is 40.6 Å². The highest BCUT2D eigenvalue weighted by Crippen LogP contribution is 2.27. The largest absolute Gasteiger partial charge is 0.480 e. The fraction of sp³-hybridized carbons (Fsp3) is 0.235. The molecular formula is C17H22N6O5S2. The standard InChI is InChI=1S/C17H22N6O5S2/c18-10-4-1-2-6-13(10)30(27,28)23-11-7-9-29-14(11)15(24)22-12(16(25)26)5-3-8-21-17(19)20/h1-2,4,6-7,9,12,23H,3,5,8,18H2,(H,22,24)(H,25,26)(H4,19,20,21)/t12-/m0/s1. The molecule has 9 N–H and O–H groups in total. The van der Waals surface area contributed by atoms with Gasteiger partial charge in [-0.15, -0.1) is 11.3 Å². The number of para-hydroxylation sites is 1. The molecule has 0 aliphatic heterocycles. The summed E-state index contributed by atoms with van der Waals surface area (Å²) in [7, 11) is -4.05. The quantitative estimate of drug-likeness (QED) is 0.117. The molecule has 1 heterocycles. The summed E-state index contributed by atoms with van der Waals surface area (Å²) in [5.41, 5.74) is 10.9. The minimum atomic E-state index is -4.05. The number of rotatable bonds is 10. The third-order valence-corrected chi connectivity index (χ3v) is 6.27. The smallest absolute Gasteiger partial charge is 0.326 e. The number of sulfonamides is 1. The number of guanidine groups is 1. The van der Waals surface area contributed by atoms with Crippen molar-refractivity contribution < 1.29 is 23.1 Å². The van der Waals surface area contributed by atoms with E-state index in [1.807, 2.05) is 0 Å². The van der Waals surface area contributed by atoms with Crippen LogP contribution in [0.2, 0.25) is 0 Å². The number of carbonyl (C=O) groups is 2. The van der Waals surface area contributed by atoms with Crippen LogP contribution in [0.15, 0.2) is 40.6 Å². The summed E-state index contributed by atoms with van der Waals surface area (Å²) < 4.78 is 27.5. The van der Waals surface area contributed by atoms with Crippen LogP contribution in [0.5, 0.6) is 0 Å². The topological polar surface area (TPSA) is 200 Å². The second-order valence-electron chi connectivity index (χ2n) is 6.15. The predicted molar refractivity (Wildman–Crippen MR) is 114 cm³/mol. The van der Waals surface area contributed by atoms with Crippen molar-refractivity contribution in [1.29, 1.82) is 5.41 Å². The molecule has 0 fully saturated rings. The highest BCUT2D eigenvalue weighted by Gasteiger charge is 2.25. The van der Waals surface area contributed by atoms with Crippen molar-refractivity contribution in [2.45, 2.75) is 23.8 Å². The highest BCUT2D eigenvalue weighted by molar-refractivity contribution is 7.93. The van der Waals surface area contributed by atoms with E-state index in [0.29, 0.717) is 6.42 Å². The van der Waals surface area contributed by atoms with Gasteiger partial charge in [0.1, 0.15) is 15.8 Å². The summed E-state index contributed by atoms with van der Waals surface area (Å²) in [4.78, 5) is 23.9. The molecule has 0 aliphatic rings. The summed E-state index contributed by atoms with van der Waals surface area (Å²) >= 11 is 0.964. The first kappa shape index (κ1) is 23.0. The SMILES string of the molecule is N=C(N)NCCC[C@H](NC(=O)c1sccc1NS(=O)(=O)c1ccccc1N)C(=O)O. The number of carbonyl (C=O) groups excluding carboxylic acids is 1. The maximum absolute atomic E-state index is 12.6. The first-order valence-electron chi connectivity index (χ1n) is 8.68. The lowest BCUT2D eigenvalue weighted by molar-refractivity contribution is -0.139. The molecule has 0 unspecified atom stereocenters. The Bertz CT molecular complexity index is 1040. The zero-order valence-corrected chi connectivity index (χ0v) is 17.3. The number of hydrogen-bond donors (Lipinski definition) is 7. The molecule has 11 nitrogen and oxygen atoms in total. The van der Waals surface area contributed by atoms with Crippen molar-refractivity contribution in [3.63, 3.8) is 0 Å². The predicted octanol–water partition coefficient (Wildman–Crippen LogP) is 0.577. The van der Waals surface area contributed by atoms with Gasteiger partial charge < -0.3 is 27.2 Å². The van der Waals surface area contributed by atoms with E-state index in [1.165, 1.54) is 29.6 Å². The van der Waals surface area contributed by atoms with Crippen LogP contribution in [0.25, 0.3) is 0 Å². The Morgan fingerprint density at radius 2 is 1.93 bits per heavy atom. The van der Waals surface area contributed by atoms with Gasteiger partial charge in [0.05, 0.1) is 11.4 Å². The summed E-state index contributed by atoms with van der Waals surface area (Å²) in [6.07, 6.45) is 0.433. The molecule has 0 bridgehead atoms. The van der Waals surface area contributed by atoms with Crippen LogP contribution in [0, 0.1) is 5.41 Å². The molecule has 0 aliphatic carbocycles. The average molecular weight is 455 g/mol. The Kier molecular flexibility index (Phi) is 7.60. The van der Waals surface area contributed by atoms with Crippen LogP contribution in [0.4, 0.5) is 11.4 Å². The molecule has 2 rings (SSSR count). The molecule has 13 heteroatoms. The first-order valence-corrected chi connectivity index (χ1v) is 11.0. The van der Waals surface area contributed by atoms with Crippen molar-refractivity contribution >= 4 is 50.6 Å². The second-order valence-corrected chi connectivity index (χ2v) is 8.72. The molecule has 0 spiro atoms. The number of carboxylic acids is 1. The van der Waals surface area contributed by atoms with Crippen LogP contribution in [-0.4, -0.2) is 43.9 Å². The Hall–Kier alpha value is -3.32. The maximum atomic E-state index is 12.6. The molecule has 1 amide bonds. The normalized spacial score (nSPS) is 12.0. The minimum absolute atomic E-state index is 0.0150. The third kappa shape index (κ3) is 6.09. The molecule has 0 radical (unpaired) electrons. The number of nitrogens with two attached hydrogens (primary N) is 2. The van der Waals surface area contributed by atoms with E-state index in [1.54, 1.807) is 6.07 Å². The van der Waals surface area contributed by atoms with Crippen LogP contribution < -0.4 is 26.8 Å². The van der Waals surface area contributed by atoms with Crippen LogP contribution in [0.3, 0.4) is 0 Å². The van der Waals surface area contributed by atoms with Gasteiger partial charge in [-0.25, -0.2) is 13.2 Å². The van der Waals surface area contributed by atoms with E-state index in [-0.39, 0.29) is 40.1 Å². The summed E-state index contributed by atoms with van der Waals surface area (Å²) in [6, 6.07) is 6.10. The second kappa shape index (κ2) is 9.93. The number of carboxylic acid groups (broad SMARTS) is 1. The molecule has 0 saturated carbocycles. The maximum Gasteiger partial charge on any atom is 0.326 e. The summed E-state index contributed by atoms with van der Waals surface area (Å²) in [6.45, 7) is 0.275. The van der Waals surface area contributed by atoms with E-state index in [4.69, 9.17) is 16.9 Å². The number of anilines is 2. The number of hydrogen-bond acceptors (Lipinski definition) is 7. The van der Waals surface area contributed by atoms with Gasteiger partial charge in [0.25, 0.3) is 15.9 Å². The van der Waals surface area contributed by atoms with Gasteiger partial charge in [-0.1, -0.05) is 12.1 Å². The number of amides is 1. The lowest BCUT2D eigenvalue weighted by Crippen LogP contribution is -2.41. The van der Waals surface area contributed by atoms with Gasteiger partial charge in [0.2, 0.25) is 0 Å². The van der Waals surface area contributed by atoms with Crippen molar-refractivity contribution in [1.82, 2.24) is 10.6 Å². The van der Waals surface area contributed by atoms with E-state index in [9.17, 15) is 23.1 Å². The van der Waals surface area contributed by atoms with Crippen molar-refractivity contribution in [2.24, 2.45) is 5.73 Å². The Balaban J connectivity index is 2.11. The number of nitrogen functional groups attached to an aromatic ring is 1. The van der Waals surface area contributed by atoms with E-state index < -0.39 is 27.9 Å². The number of thiophene rings is 1. The van der Waals surface area contributed by atoms with Gasteiger partial charge in [0, 0.05) is 6.54 Å². The van der Waals surface area contributed by atoms with Gasteiger partial charge >= 0.3 is 5.97 Å². The molecule has 2 aromatic rings. The zero-order valence-electron chi connectivity index (χ0n) is 15.7. The van der Waals surface area contributed by atoms with Crippen molar-refractivity contribution in [3.8, 4) is 0 Å². The molecule has 1 aromatic heterocycles. The van der Waals surface area contributed by atoms with Crippen molar-refractivity contribution in [2.75, 3.05) is 17.0 Å². The highest BCUT2D eigenvalue weighted by atomic mass is 32.2. The first-order chi connectivity index (χ1) is 14.1. The van der Waals surface area contributed by atoms with Gasteiger partial charge in [0.15, 0.2) is 5.96 Å². The molecule has 30 heavy (non-hydrogen) atoms. The fourth-order valence-corrected chi connectivity index (χ4v) is 4.52. The van der Waals surface area contributed by atoms with E-state index >= 15 is 0 Å². The summed E-state index contributed by atoms with van der Waals surface area (Å²) in [5, 5.41) is 22.8. The Labute approximate surface area is 177 Å². The fourth-order valence-electron chi connectivity index (χ4n) is 2.50. The number of benzene rings is 1. The molecule has 1 atom stereocenters. The minimum Gasteiger partial charge on any atom is -0.480 e. The average Bonchev–Trinajstić information content (AvgIpc) is 3.11. The lowest BCUT2D eigenvalue weighted by atomic mass is 10.1.